The standard InChI is InChI=1S/C17H28N2/c1-3-17(10-6-11-17)14-19-13-16-8-5-4-7-15(16)9-12-18-2/h4-5,7-8,18-19H,3,6,9-14H2,1-2H3. The van der Waals surface area contributed by atoms with E-state index in [9.17, 15) is 0 Å². The first kappa shape index (κ1) is 14.5. The topological polar surface area (TPSA) is 24.1 Å². The van der Waals surface area contributed by atoms with Crippen LogP contribution in [0, 0.1) is 5.41 Å². The van der Waals surface area contributed by atoms with Crippen LogP contribution < -0.4 is 10.6 Å². The molecule has 19 heavy (non-hydrogen) atoms. The number of hydrogen-bond acceptors (Lipinski definition) is 2. The van der Waals surface area contributed by atoms with Gasteiger partial charge in [-0.3, -0.25) is 0 Å². The lowest BCUT2D eigenvalue weighted by atomic mass is 9.67. The Kier molecular flexibility index (Phi) is 5.41. The molecule has 1 aromatic rings. The molecule has 1 fully saturated rings. The minimum absolute atomic E-state index is 0.611. The van der Waals surface area contributed by atoms with Gasteiger partial charge in [0.05, 0.1) is 0 Å². The summed E-state index contributed by atoms with van der Waals surface area (Å²) >= 11 is 0. The van der Waals surface area contributed by atoms with E-state index in [1.165, 1.54) is 43.4 Å². The molecule has 1 aliphatic rings. The van der Waals surface area contributed by atoms with E-state index in [1.54, 1.807) is 0 Å². The normalized spacial score (nSPS) is 17.2. The van der Waals surface area contributed by atoms with Gasteiger partial charge in [0.25, 0.3) is 0 Å². The van der Waals surface area contributed by atoms with Crippen molar-refractivity contribution in [3.63, 3.8) is 0 Å². The summed E-state index contributed by atoms with van der Waals surface area (Å²) in [5, 5.41) is 6.92. The summed E-state index contributed by atoms with van der Waals surface area (Å²) in [5.41, 5.74) is 3.55. The quantitative estimate of drug-likeness (QED) is 0.750. The van der Waals surface area contributed by atoms with E-state index in [2.05, 4.69) is 41.8 Å². The molecule has 0 spiro atoms. The summed E-state index contributed by atoms with van der Waals surface area (Å²) < 4.78 is 0. The zero-order chi connectivity index (χ0) is 13.6. The van der Waals surface area contributed by atoms with Crippen LogP contribution in [0.15, 0.2) is 24.3 Å². The highest BCUT2D eigenvalue weighted by Crippen LogP contribution is 2.43. The van der Waals surface area contributed by atoms with Gasteiger partial charge in [0.2, 0.25) is 0 Å². The third-order valence-electron chi connectivity index (χ3n) is 4.74. The third-order valence-corrected chi connectivity index (χ3v) is 4.74. The van der Waals surface area contributed by atoms with Crippen LogP contribution in [-0.2, 0) is 13.0 Å². The molecule has 0 radical (unpaired) electrons. The van der Waals surface area contributed by atoms with Crippen LogP contribution in [0.4, 0.5) is 0 Å². The highest BCUT2D eigenvalue weighted by atomic mass is 14.9. The van der Waals surface area contributed by atoms with Gasteiger partial charge >= 0.3 is 0 Å². The van der Waals surface area contributed by atoms with Gasteiger partial charge in [0, 0.05) is 13.1 Å². The van der Waals surface area contributed by atoms with Gasteiger partial charge in [0.15, 0.2) is 0 Å². The van der Waals surface area contributed by atoms with E-state index in [-0.39, 0.29) is 0 Å². The number of benzene rings is 1. The first-order chi connectivity index (χ1) is 9.29. The minimum Gasteiger partial charge on any atom is -0.319 e. The molecule has 2 heteroatoms. The van der Waals surface area contributed by atoms with Gasteiger partial charge in [-0.25, -0.2) is 0 Å². The molecule has 0 unspecified atom stereocenters. The number of rotatable bonds is 8. The molecule has 2 nitrogen and oxygen atoms in total. The molecule has 2 N–H and O–H groups in total. The van der Waals surface area contributed by atoms with Crippen LogP contribution in [0.2, 0.25) is 0 Å². The van der Waals surface area contributed by atoms with Crippen LogP contribution in [-0.4, -0.2) is 20.1 Å². The fraction of sp³-hybridized carbons (Fsp3) is 0.647. The SMILES string of the molecule is CCC1(CNCc2ccccc2CCNC)CCC1. The van der Waals surface area contributed by atoms with Gasteiger partial charge in [-0.05, 0) is 55.8 Å². The Hall–Kier alpha value is -0.860. The van der Waals surface area contributed by atoms with Crippen molar-refractivity contribution >= 4 is 0 Å². The van der Waals surface area contributed by atoms with E-state index < -0.39 is 0 Å². The molecule has 0 aliphatic heterocycles. The van der Waals surface area contributed by atoms with Crippen molar-refractivity contribution in [1.82, 2.24) is 10.6 Å². The Bertz CT molecular complexity index is 377. The lowest BCUT2D eigenvalue weighted by molar-refractivity contribution is 0.124. The van der Waals surface area contributed by atoms with E-state index >= 15 is 0 Å². The summed E-state index contributed by atoms with van der Waals surface area (Å²) in [6.07, 6.45) is 6.69. The van der Waals surface area contributed by atoms with Crippen LogP contribution in [0.1, 0.15) is 43.7 Å². The molecule has 1 saturated carbocycles. The van der Waals surface area contributed by atoms with E-state index in [1.807, 2.05) is 7.05 Å². The zero-order valence-corrected chi connectivity index (χ0v) is 12.5. The van der Waals surface area contributed by atoms with E-state index in [0.717, 1.165) is 19.5 Å². The summed E-state index contributed by atoms with van der Waals surface area (Å²) in [6.45, 7) is 5.59. The molecule has 0 atom stereocenters. The van der Waals surface area contributed by atoms with Gasteiger partial charge in [-0.2, -0.15) is 0 Å². The number of nitrogens with one attached hydrogen (secondary N) is 2. The molecule has 0 aromatic heterocycles. The van der Waals surface area contributed by atoms with Crippen molar-refractivity contribution in [2.24, 2.45) is 5.41 Å². The predicted molar refractivity (Wildman–Crippen MR) is 82.4 cm³/mol. The molecule has 106 valence electrons. The summed E-state index contributed by atoms with van der Waals surface area (Å²) in [5.74, 6) is 0. The van der Waals surface area contributed by atoms with Crippen molar-refractivity contribution in [2.45, 2.75) is 45.6 Å². The molecule has 2 rings (SSSR count). The molecule has 0 amide bonds. The van der Waals surface area contributed by atoms with Crippen molar-refractivity contribution in [3.05, 3.63) is 35.4 Å². The van der Waals surface area contributed by atoms with Gasteiger partial charge in [0.1, 0.15) is 0 Å². The maximum atomic E-state index is 3.69. The third kappa shape index (κ3) is 3.80. The molecule has 0 bridgehead atoms. The van der Waals surface area contributed by atoms with Crippen LogP contribution in [0.5, 0.6) is 0 Å². The average Bonchev–Trinajstić information content (AvgIpc) is 2.40. The fourth-order valence-corrected chi connectivity index (χ4v) is 3.03. The van der Waals surface area contributed by atoms with Crippen LogP contribution >= 0.6 is 0 Å². The number of likely N-dealkylation sites (N-methyl/N-ethyl adjacent to an activating group) is 1. The van der Waals surface area contributed by atoms with Crippen LogP contribution in [0.25, 0.3) is 0 Å². The van der Waals surface area contributed by atoms with Crippen LogP contribution in [0.3, 0.4) is 0 Å². The monoisotopic (exact) mass is 260 g/mol. The summed E-state index contributed by atoms with van der Waals surface area (Å²) in [7, 11) is 2.02. The van der Waals surface area contributed by atoms with Crippen molar-refractivity contribution in [2.75, 3.05) is 20.1 Å². The van der Waals surface area contributed by atoms with Crippen molar-refractivity contribution < 1.29 is 0 Å². The second-order valence-corrected chi connectivity index (χ2v) is 5.93. The lowest BCUT2D eigenvalue weighted by Gasteiger charge is -2.41. The maximum Gasteiger partial charge on any atom is 0.0208 e. The smallest absolute Gasteiger partial charge is 0.0208 e. The second kappa shape index (κ2) is 7.06. The first-order valence-corrected chi connectivity index (χ1v) is 7.72. The molecule has 0 heterocycles. The van der Waals surface area contributed by atoms with Gasteiger partial charge in [-0.1, -0.05) is 37.6 Å². The summed E-state index contributed by atoms with van der Waals surface area (Å²) in [4.78, 5) is 0. The average molecular weight is 260 g/mol. The first-order valence-electron chi connectivity index (χ1n) is 7.72. The minimum atomic E-state index is 0.611. The predicted octanol–water partition coefficient (Wildman–Crippen LogP) is 3.12. The maximum absolute atomic E-state index is 3.69. The zero-order valence-electron chi connectivity index (χ0n) is 12.5. The summed E-state index contributed by atoms with van der Waals surface area (Å²) in [6, 6.07) is 8.82. The van der Waals surface area contributed by atoms with Gasteiger partial charge in [-0.15, -0.1) is 0 Å². The molecule has 1 aromatic carbocycles. The Balaban J connectivity index is 1.85. The molecular formula is C17H28N2. The lowest BCUT2D eigenvalue weighted by Crippen LogP contribution is -2.39. The van der Waals surface area contributed by atoms with Crippen molar-refractivity contribution in [1.29, 1.82) is 0 Å². The molecule has 1 aliphatic carbocycles. The van der Waals surface area contributed by atoms with E-state index in [4.69, 9.17) is 0 Å². The Labute approximate surface area is 118 Å². The van der Waals surface area contributed by atoms with Crippen molar-refractivity contribution in [3.8, 4) is 0 Å². The van der Waals surface area contributed by atoms with Gasteiger partial charge < -0.3 is 10.6 Å². The van der Waals surface area contributed by atoms with E-state index in [0.29, 0.717) is 5.41 Å². The molecule has 0 saturated heterocycles. The largest absolute Gasteiger partial charge is 0.319 e. The highest BCUT2D eigenvalue weighted by molar-refractivity contribution is 5.27. The number of hydrogen-bond donors (Lipinski definition) is 2. The Morgan fingerprint density at radius 3 is 2.47 bits per heavy atom. The Morgan fingerprint density at radius 1 is 1.16 bits per heavy atom. The Morgan fingerprint density at radius 2 is 1.89 bits per heavy atom. The second-order valence-electron chi connectivity index (χ2n) is 5.93. The highest BCUT2D eigenvalue weighted by Gasteiger charge is 2.34. The fourth-order valence-electron chi connectivity index (χ4n) is 3.03. The molecular weight excluding hydrogens is 232 g/mol.